The molecule has 0 spiro atoms. The van der Waals surface area contributed by atoms with Crippen LogP contribution in [0.5, 0.6) is 0 Å². The van der Waals surface area contributed by atoms with E-state index in [9.17, 15) is 4.79 Å². The van der Waals surface area contributed by atoms with E-state index in [1.165, 1.54) is 0 Å². The van der Waals surface area contributed by atoms with Crippen LogP contribution in [0.15, 0.2) is 30.3 Å². The summed E-state index contributed by atoms with van der Waals surface area (Å²) in [6.45, 7) is 8.38. The average Bonchev–Trinajstić information content (AvgIpc) is 2.44. The van der Waals surface area contributed by atoms with Gasteiger partial charge in [-0.3, -0.25) is 9.78 Å². The number of carbonyl (C=O) groups excluding carboxylic acids is 1. The van der Waals surface area contributed by atoms with Gasteiger partial charge in [-0.1, -0.05) is 30.3 Å². The molecule has 1 aromatic heterocycles. The Labute approximate surface area is 120 Å². The fourth-order valence-corrected chi connectivity index (χ4v) is 2.32. The van der Waals surface area contributed by atoms with Crippen LogP contribution in [0.4, 0.5) is 0 Å². The van der Waals surface area contributed by atoms with E-state index in [4.69, 9.17) is 0 Å². The summed E-state index contributed by atoms with van der Waals surface area (Å²) >= 11 is 0. The van der Waals surface area contributed by atoms with Gasteiger partial charge in [-0.05, 0) is 44.4 Å². The summed E-state index contributed by atoms with van der Waals surface area (Å²) in [7, 11) is 0. The SMILES string of the molecule is Cc1nc(C)c(C(=O)NCc2ccccc2)c(C)c1C. The van der Waals surface area contributed by atoms with Crippen molar-refractivity contribution in [1.82, 2.24) is 10.3 Å². The van der Waals surface area contributed by atoms with Crippen molar-refractivity contribution in [1.29, 1.82) is 0 Å². The summed E-state index contributed by atoms with van der Waals surface area (Å²) in [5.74, 6) is -0.0561. The molecular formula is C17H20N2O. The number of nitrogens with zero attached hydrogens (tertiary/aromatic N) is 1. The second-order valence-corrected chi connectivity index (χ2v) is 5.08. The van der Waals surface area contributed by atoms with Gasteiger partial charge in [0.25, 0.3) is 5.91 Å². The Bertz CT molecular complexity index is 633. The highest BCUT2D eigenvalue weighted by Gasteiger charge is 2.16. The molecule has 0 aliphatic carbocycles. The molecule has 0 aliphatic rings. The number of carbonyl (C=O) groups is 1. The molecule has 0 saturated carbocycles. The molecule has 0 fully saturated rings. The molecule has 0 radical (unpaired) electrons. The number of pyridine rings is 1. The van der Waals surface area contributed by atoms with Gasteiger partial charge in [-0.2, -0.15) is 0 Å². The highest BCUT2D eigenvalue weighted by atomic mass is 16.1. The average molecular weight is 268 g/mol. The molecule has 3 heteroatoms. The van der Waals surface area contributed by atoms with Gasteiger partial charge in [-0.25, -0.2) is 0 Å². The third-order valence-corrected chi connectivity index (χ3v) is 3.70. The Morgan fingerprint density at radius 2 is 1.65 bits per heavy atom. The molecule has 2 rings (SSSR count). The van der Waals surface area contributed by atoms with Crippen molar-refractivity contribution in [2.24, 2.45) is 0 Å². The normalized spacial score (nSPS) is 10.4. The van der Waals surface area contributed by atoms with Crippen LogP contribution in [0.3, 0.4) is 0 Å². The molecule has 1 aromatic carbocycles. The summed E-state index contributed by atoms with van der Waals surface area (Å²) in [6.07, 6.45) is 0. The van der Waals surface area contributed by atoms with Crippen LogP contribution in [-0.2, 0) is 6.54 Å². The van der Waals surface area contributed by atoms with Crippen LogP contribution in [0.25, 0.3) is 0 Å². The molecular weight excluding hydrogens is 248 g/mol. The van der Waals surface area contributed by atoms with Crippen molar-refractivity contribution >= 4 is 5.91 Å². The van der Waals surface area contributed by atoms with Crippen LogP contribution < -0.4 is 5.32 Å². The summed E-state index contributed by atoms with van der Waals surface area (Å²) in [6, 6.07) is 9.90. The van der Waals surface area contributed by atoms with E-state index in [0.29, 0.717) is 12.1 Å². The Morgan fingerprint density at radius 1 is 1.00 bits per heavy atom. The van der Waals surface area contributed by atoms with Crippen LogP contribution in [-0.4, -0.2) is 10.9 Å². The van der Waals surface area contributed by atoms with E-state index >= 15 is 0 Å². The van der Waals surface area contributed by atoms with E-state index < -0.39 is 0 Å². The number of nitrogens with one attached hydrogen (secondary N) is 1. The molecule has 104 valence electrons. The van der Waals surface area contributed by atoms with E-state index in [-0.39, 0.29) is 5.91 Å². The predicted molar refractivity (Wildman–Crippen MR) is 80.8 cm³/mol. The number of hydrogen-bond donors (Lipinski definition) is 1. The zero-order valence-electron chi connectivity index (χ0n) is 12.4. The molecule has 0 unspecified atom stereocenters. The minimum Gasteiger partial charge on any atom is -0.348 e. The van der Waals surface area contributed by atoms with Gasteiger partial charge < -0.3 is 5.32 Å². The highest BCUT2D eigenvalue weighted by molar-refractivity contribution is 5.97. The second-order valence-electron chi connectivity index (χ2n) is 5.08. The van der Waals surface area contributed by atoms with Crippen molar-refractivity contribution in [2.75, 3.05) is 0 Å². The standard InChI is InChI=1S/C17H20N2O/c1-11-12(2)16(14(4)19-13(11)3)17(20)18-10-15-8-6-5-7-9-15/h5-9H,10H2,1-4H3,(H,18,20). The minimum absolute atomic E-state index is 0.0561. The zero-order chi connectivity index (χ0) is 14.7. The van der Waals surface area contributed by atoms with E-state index in [1.807, 2.05) is 58.0 Å². The summed E-state index contributed by atoms with van der Waals surface area (Å²) < 4.78 is 0. The van der Waals surface area contributed by atoms with Crippen molar-refractivity contribution in [3.8, 4) is 0 Å². The molecule has 3 nitrogen and oxygen atoms in total. The maximum Gasteiger partial charge on any atom is 0.253 e. The number of amides is 1. The fraction of sp³-hybridized carbons (Fsp3) is 0.294. The number of benzene rings is 1. The molecule has 0 saturated heterocycles. The Morgan fingerprint density at radius 3 is 2.30 bits per heavy atom. The highest BCUT2D eigenvalue weighted by Crippen LogP contribution is 2.18. The number of rotatable bonds is 3. The largest absolute Gasteiger partial charge is 0.348 e. The van der Waals surface area contributed by atoms with Crippen molar-refractivity contribution in [3.05, 3.63) is 64.0 Å². The van der Waals surface area contributed by atoms with Crippen LogP contribution in [0.1, 0.15) is 38.4 Å². The molecule has 1 amide bonds. The van der Waals surface area contributed by atoms with Crippen LogP contribution in [0, 0.1) is 27.7 Å². The molecule has 0 bridgehead atoms. The van der Waals surface area contributed by atoms with Gasteiger partial charge in [0.1, 0.15) is 0 Å². The monoisotopic (exact) mass is 268 g/mol. The molecule has 2 aromatic rings. The third kappa shape index (κ3) is 2.87. The number of hydrogen-bond acceptors (Lipinski definition) is 2. The first-order chi connectivity index (χ1) is 9.50. The lowest BCUT2D eigenvalue weighted by atomic mass is 10.0. The lowest BCUT2D eigenvalue weighted by molar-refractivity contribution is 0.0949. The lowest BCUT2D eigenvalue weighted by Crippen LogP contribution is -2.25. The van der Waals surface area contributed by atoms with Gasteiger partial charge >= 0.3 is 0 Å². The molecule has 20 heavy (non-hydrogen) atoms. The lowest BCUT2D eigenvalue weighted by Gasteiger charge is -2.14. The van der Waals surface area contributed by atoms with E-state index in [1.54, 1.807) is 0 Å². The Kier molecular flexibility index (Phi) is 4.18. The second kappa shape index (κ2) is 5.87. The number of aryl methyl sites for hydroxylation is 2. The first-order valence-electron chi connectivity index (χ1n) is 6.77. The predicted octanol–water partition coefficient (Wildman–Crippen LogP) is 3.25. The van der Waals surface area contributed by atoms with Gasteiger partial charge in [0, 0.05) is 12.2 Å². The van der Waals surface area contributed by atoms with Gasteiger partial charge in [0.05, 0.1) is 11.3 Å². The number of aromatic nitrogens is 1. The van der Waals surface area contributed by atoms with Crippen LogP contribution >= 0.6 is 0 Å². The van der Waals surface area contributed by atoms with E-state index in [2.05, 4.69) is 10.3 Å². The first-order valence-corrected chi connectivity index (χ1v) is 6.77. The summed E-state index contributed by atoms with van der Waals surface area (Å²) in [4.78, 5) is 16.8. The third-order valence-electron chi connectivity index (χ3n) is 3.70. The summed E-state index contributed by atoms with van der Waals surface area (Å²) in [5.41, 5.74) is 5.66. The Hall–Kier alpha value is -2.16. The first kappa shape index (κ1) is 14.3. The molecule has 0 aliphatic heterocycles. The topological polar surface area (TPSA) is 42.0 Å². The molecule has 0 atom stereocenters. The van der Waals surface area contributed by atoms with Crippen molar-refractivity contribution in [2.45, 2.75) is 34.2 Å². The molecule has 1 heterocycles. The zero-order valence-corrected chi connectivity index (χ0v) is 12.4. The van der Waals surface area contributed by atoms with Crippen molar-refractivity contribution in [3.63, 3.8) is 0 Å². The van der Waals surface area contributed by atoms with E-state index in [0.717, 1.165) is 28.1 Å². The Balaban J connectivity index is 2.20. The maximum absolute atomic E-state index is 12.4. The quantitative estimate of drug-likeness (QED) is 0.928. The van der Waals surface area contributed by atoms with Crippen LogP contribution in [0.2, 0.25) is 0 Å². The molecule has 1 N–H and O–H groups in total. The fourth-order valence-electron chi connectivity index (χ4n) is 2.32. The maximum atomic E-state index is 12.4. The minimum atomic E-state index is -0.0561. The van der Waals surface area contributed by atoms with Gasteiger partial charge in [0.15, 0.2) is 0 Å². The smallest absolute Gasteiger partial charge is 0.253 e. The summed E-state index contributed by atoms with van der Waals surface area (Å²) in [5, 5.41) is 2.96. The van der Waals surface area contributed by atoms with Crippen molar-refractivity contribution < 1.29 is 4.79 Å². The van der Waals surface area contributed by atoms with Gasteiger partial charge in [0.2, 0.25) is 0 Å². The van der Waals surface area contributed by atoms with Gasteiger partial charge in [-0.15, -0.1) is 0 Å².